The molecule has 3 rings (SSSR count). The molecule has 1 aliphatic rings. The monoisotopic (exact) mass is 304 g/mol. The number of para-hydroxylation sites is 1. The molecule has 1 unspecified atom stereocenters. The summed E-state index contributed by atoms with van der Waals surface area (Å²) in [7, 11) is 0. The van der Waals surface area contributed by atoms with Gasteiger partial charge in [0.25, 0.3) is 0 Å². The zero-order chi connectivity index (χ0) is 15.7. The Bertz CT molecular complexity index is 701. The molecule has 1 atom stereocenters. The van der Waals surface area contributed by atoms with Crippen molar-refractivity contribution in [3.05, 3.63) is 52.3 Å². The number of halogens is 1. The second-order valence-corrected chi connectivity index (χ2v) is 5.48. The first-order chi connectivity index (χ1) is 10.6. The molecule has 0 amide bonds. The van der Waals surface area contributed by atoms with Gasteiger partial charge in [0, 0.05) is 31.5 Å². The summed E-state index contributed by atoms with van der Waals surface area (Å²) in [6, 6.07) is 4.39. The number of nitro benzene ring substituents is 1. The van der Waals surface area contributed by atoms with Crippen molar-refractivity contribution in [3.8, 4) is 0 Å². The van der Waals surface area contributed by atoms with Gasteiger partial charge in [-0.25, -0.2) is 4.98 Å². The zero-order valence-corrected chi connectivity index (χ0v) is 12.3. The Labute approximate surface area is 127 Å². The maximum absolute atomic E-state index is 13.8. The first-order valence-corrected chi connectivity index (χ1v) is 7.25. The fraction of sp³-hybridized carbons (Fsp3) is 0.400. The summed E-state index contributed by atoms with van der Waals surface area (Å²) < 4.78 is 15.9. The van der Waals surface area contributed by atoms with E-state index in [0.29, 0.717) is 18.8 Å². The van der Waals surface area contributed by atoms with E-state index in [1.807, 2.05) is 22.6 Å². The molecular formula is C15H17FN4O2. The van der Waals surface area contributed by atoms with E-state index in [1.54, 1.807) is 12.3 Å². The van der Waals surface area contributed by atoms with E-state index in [1.165, 1.54) is 6.07 Å². The fourth-order valence-corrected chi connectivity index (χ4v) is 3.08. The van der Waals surface area contributed by atoms with Gasteiger partial charge in [-0.15, -0.1) is 0 Å². The minimum atomic E-state index is -0.785. The van der Waals surface area contributed by atoms with Crippen LogP contribution in [0.2, 0.25) is 0 Å². The van der Waals surface area contributed by atoms with Gasteiger partial charge in [-0.3, -0.25) is 10.1 Å². The van der Waals surface area contributed by atoms with Crippen LogP contribution < -0.4 is 4.90 Å². The van der Waals surface area contributed by atoms with Gasteiger partial charge in [-0.05, 0) is 31.9 Å². The van der Waals surface area contributed by atoms with Crippen molar-refractivity contribution < 1.29 is 9.31 Å². The van der Waals surface area contributed by atoms with Crippen molar-refractivity contribution in [1.29, 1.82) is 0 Å². The first-order valence-electron chi connectivity index (χ1n) is 7.25. The highest BCUT2D eigenvalue weighted by atomic mass is 19.1. The van der Waals surface area contributed by atoms with E-state index in [4.69, 9.17) is 0 Å². The number of anilines is 1. The maximum atomic E-state index is 13.8. The second kappa shape index (κ2) is 5.75. The third-order valence-electron chi connectivity index (χ3n) is 4.17. The van der Waals surface area contributed by atoms with Crippen LogP contribution in [0.15, 0.2) is 30.6 Å². The van der Waals surface area contributed by atoms with Gasteiger partial charge in [0.2, 0.25) is 5.82 Å². The molecule has 116 valence electrons. The van der Waals surface area contributed by atoms with Gasteiger partial charge in [0.05, 0.1) is 4.92 Å². The van der Waals surface area contributed by atoms with Crippen LogP contribution in [0.5, 0.6) is 0 Å². The first kappa shape index (κ1) is 14.5. The van der Waals surface area contributed by atoms with E-state index in [2.05, 4.69) is 4.98 Å². The summed E-state index contributed by atoms with van der Waals surface area (Å²) in [5.74, 6) is 0.118. The molecule has 0 N–H and O–H groups in total. The van der Waals surface area contributed by atoms with Crippen LogP contribution in [0.1, 0.15) is 18.7 Å². The van der Waals surface area contributed by atoms with Gasteiger partial charge >= 0.3 is 5.69 Å². The van der Waals surface area contributed by atoms with Crippen LogP contribution in [0, 0.1) is 22.9 Å². The molecule has 1 saturated heterocycles. The highest BCUT2D eigenvalue weighted by Gasteiger charge is 2.32. The Balaban J connectivity index is 1.92. The lowest BCUT2D eigenvalue weighted by Gasteiger charge is -2.27. The number of nitro groups is 1. The van der Waals surface area contributed by atoms with Gasteiger partial charge in [0.15, 0.2) is 0 Å². The van der Waals surface area contributed by atoms with Crippen LogP contribution in [-0.4, -0.2) is 27.1 Å². The molecule has 0 saturated carbocycles. The van der Waals surface area contributed by atoms with E-state index in [0.717, 1.165) is 24.7 Å². The molecule has 1 aromatic carbocycles. The van der Waals surface area contributed by atoms with Crippen LogP contribution in [0.25, 0.3) is 0 Å². The molecule has 2 aromatic rings. The summed E-state index contributed by atoms with van der Waals surface area (Å²) >= 11 is 0. The topological polar surface area (TPSA) is 64.2 Å². The number of imidazole rings is 1. The van der Waals surface area contributed by atoms with E-state index in [9.17, 15) is 14.5 Å². The Morgan fingerprint density at radius 3 is 3.00 bits per heavy atom. The third kappa shape index (κ3) is 2.54. The summed E-state index contributed by atoms with van der Waals surface area (Å²) in [6.45, 7) is 3.31. The molecule has 22 heavy (non-hydrogen) atoms. The van der Waals surface area contributed by atoms with Crippen molar-refractivity contribution in [3.63, 3.8) is 0 Å². The molecule has 0 radical (unpaired) electrons. The molecule has 0 bridgehead atoms. The number of rotatable bonds is 4. The van der Waals surface area contributed by atoms with Gasteiger partial charge < -0.3 is 9.47 Å². The zero-order valence-electron chi connectivity index (χ0n) is 12.3. The Hall–Kier alpha value is -2.44. The number of aromatic nitrogens is 2. The Morgan fingerprint density at radius 1 is 1.50 bits per heavy atom. The summed E-state index contributed by atoms with van der Waals surface area (Å²) in [5.41, 5.74) is -0.0676. The smallest absolute Gasteiger partial charge is 0.327 e. The third-order valence-corrected chi connectivity index (χ3v) is 4.17. The highest BCUT2D eigenvalue weighted by molar-refractivity contribution is 5.64. The molecule has 0 aliphatic carbocycles. The lowest BCUT2D eigenvalue weighted by molar-refractivity contribution is -0.386. The van der Waals surface area contributed by atoms with Gasteiger partial charge in [-0.2, -0.15) is 4.39 Å². The second-order valence-electron chi connectivity index (χ2n) is 5.48. The molecule has 1 fully saturated rings. The minimum Gasteiger partial charge on any atom is -0.361 e. The van der Waals surface area contributed by atoms with Crippen molar-refractivity contribution in [2.45, 2.75) is 32.4 Å². The van der Waals surface area contributed by atoms with Crippen molar-refractivity contribution in [2.24, 2.45) is 0 Å². The minimum absolute atomic E-state index is 0.105. The van der Waals surface area contributed by atoms with E-state index < -0.39 is 16.4 Å². The predicted octanol–water partition coefficient (Wildman–Crippen LogP) is 2.91. The average molecular weight is 304 g/mol. The number of aryl methyl sites for hydroxylation is 1. The van der Waals surface area contributed by atoms with Crippen LogP contribution >= 0.6 is 0 Å². The van der Waals surface area contributed by atoms with Crippen molar-refractivity contribution in [1.82, 2.24) is 9.55 Å². The predicted molar refractivity (Wildman–Crippen MR) is 80.4 cm³/mol. The normalized spacial score (nSPS) is 17.9. The van der Waals surface area contributed by atoms with Crippen LogP contribution in [0.3, 0.4) is 0 Å². The summed E-state index contributed by atoms with van der Waals surface area (Å²) in [6.07, 6.45) is 5.49. The maximum Gasteiger partial charge on any atom is 0.327 e. The lowest BCUT2D eigenvalue weighted by Crippen LogP contribution is -2.33. The molecule has 2 heterocycles. The largest absolute Gasteiger partial charge is 0.361 e. The number of nitrogens with zero attached hydrogens (tertiary/aromatic N) is 4. The standard InChI is InChI=1S/C15H17FN4O2/c1-11-17-7-9-18(11)10-12-4-3-8-19(12)14-6-2-5-13(16)15(14)20(21)22/h2,5-7,9,12H,3-4,8,10H2,1H3. The number of benzene rings is 1. The van der Waals surface area contributed by atoms with Crippen LogP contribution in [-0.2, 0) is 6.54 Å². The Morgan fingerprint density at radius 2 is 2.32 bits per heavy atom. The molecule has 1 aromatic heterocycles. The SMILES string of the molecule is Cc1nccn1CC1CCCN1c1cccc(F)c1[N+](=O)[O-]. The molecule has 7 heteroatoms. The number of hydrogen-bond donors (Lipinski definition) is 0. The van der Waals surface area contributed by atoms with E-state index in [-0.39, 0.29) is 6.04 Å². The summed E-state index contributed by atoms with van der Waals surface area (Å²) in [5, 5.41) is 11.2. The molecular weight excluding hydrogens is 287 g/mol. The molecule has 6 nitrogen and oxygen atoms in total. The Kier molecular flexibility index (Phi) is 3.79. The average Bonchev–Trinajstić information content (AvgIpc) is 3.08. The van der Waals surface area contributed by atoms with Crippen molar-refractivity contribution >= 4 is 11.4 Å². The highest BCUT2D eigenvalue weighted by Crippen LogP contribution is 2.35. The summed E-state index contributed by atoms with van der Waals surface area (Å²) in [4.78, 5) is 16.7. The van der Waals surface area contributed by atoms with Gasteiger partial charge in [0.1, 0.15) is 11.5 Å². The molecule has 1 aliphatic heterocycles. The fourth-order valence-electron chi connectivity index (χ4n) is 3.08. The van der Waals surface area contributed by atoms with Gasteiger partial charge in [-0.1, -0.05) is 6.07 Å². The van der Waals surface area contributed by atoms with E-state index >= 15 is 0 Å². The quantitative estimate of drug-likeness (QED) is 0.643. The number of hydrogen-bond acceptors (Lipinski definition) is 4. The lowest BCUT2D eigenvalue weighted by atomic mass is 10.2. The van der Waals surface area contributed by atoms with Crippen LogP contribution in [0.4, 0.5) is 15.8 Å². The van der Waals surface area contributed by atoms with Crippen molar-refractivity contribution in [2.75, 3.05) is 11.4 Å². The molecule has 0 spiro atoms.